The molecule has 0 unspecified atom stereocenters. The number of alkyl halides is 3. The fourth-order valence-electron chi connectivity index (χ4n) is 3.82. The number of piperazine rings is 1. The van der Waals surface area contributed by atoms with Gasteiger partial charge in [0.25, 0.3) is 11.5 Å². The lowest BCUT2D eigenvalue weighted by atomic mass is 10.1. The van der Waals surface area contributed by atoms with E-state index in [4.69, 9.17) is 0 Å². The van der Waals surface area contributed by atoms with Crippen molar-refractivity contribution in [1.82, 2.24) is 14.5 Å². The third-order valence-corrected chi connectivity index (χ3v) is 5.68. The first-order valence-corrected chi connectivity index (χ1v) is 10.4. The van der Waals surface area contributed by atoms with Crippen molar-refractivity contribution >= 4 is 11.6 Å². The van der Waals surface area contributed by atoms with Crippen molar-refractivity contribution in [2.24, 2.45) is 0 Å². The lowest BCUT2D eigenvalue weighted by Crippen LogP contribution is -2.50. The first-order chi connectivity index (χ1) is 16.1. The Bertz CT molecular complexity index is 1320. The van der Waals surface area contributed by atoms with E-state index in [9.17, 15) is 31.9 Å². The van der Waals surface area contributed by atoms with Gasteiger partial charge in [-0.05, 0) is 24.3 Å². The molecule has 1 N–H and O–H groups in total. The maximum Gasteiger partial charge on any atom is 0.416 e. The van der Waals surface area contributed by atoms with Crippen molar-refractivity contribution in [2.45, 2.75) is 12.7 Å². The molecule has 3 aromatic rings. The fourth-order valence-corrected chi connectivity index (χ4v) is 3.82. The molecule has 34 heavy (non-hydrogen) atoms. The Morgan fingerprint density at radius 3 is 2.35 bits per heavy atom. The molecule has 1 aliphatic rings. The predicted molar refractivity (Wildman–Crippen MR) is 116 cm³/mol. The number of aromatic nitrogens is 2. The Hall–Kier alpha value is -3.89. The molecule has 0 bridgehead atoms. The Morgan fingerprint density at radius 1 is 0.971 bits per heavy atom. The van der Waals surface area contributed by atoms with E-state index in [2.05, 4.69) is 4.98 Å². The SMILES string of the molecule is O=C(c1c[nH]c(=O)n(Cc2ccccc2F)c1=O)N1CCN(c2cccc(C(F)(F)F)c2)CC1. The smallest absolute Gasteiger partial charge is 0.368 e. The number of rotatable bonds is 4. The van der Waals surface area contributed by atoms with E-state index in [1.807, 2.05) is 0 Å². The normalized spacial score (nSPS) is 14.4. The lowest BCUT2D eigenvalue weighted by molar-refractivity contribution is -0.137. The predicted octanol–water partition coefficient (Wildman–Crippen LogP) is 2.71. The monoisotopic (exact) mass is 476 g/mol. The van der Waals surface area contributed by atoms with Crippen molar-refractivity contribution in [2.75, 3.05) is 31.1 Å². The van der Waals surface area contributed by atoms with Crippen LogP contribution >= 0.6 is 0 Å². The summed E-state index contributed by atoms with van der Waals surface area (Å²) in [7, 11) is 0. The van der Waals surface area contributed by atoms with Crippen LogP contribution in [0.5, 0.6) is 0 Å². The summed E-state index contributed by atoms with van der Waals surface area (Å²) >= 11 is 0. The highest BCUT2D eigenvalue weighted by atomic mass is 19.4. The van der Waals surface area contributed by atoms with Gasteiger partial charge in [0.15, 0.2) is 0 Å². The molecule has 7 nitrogen and oxygen atoms in total. The summed E-state index contributed by atoms with van der Waals surface area (Å²) in [5.41, 5.74) is -2.15. The van der Waals surface area contributed by atoms with E-state index in [-0.39, 0.29) is 43.9 Å². The van der Waals surface area contributed by atoms with E-state index < -0.39 is 34.7 Å². The standard InChI is InChI=1S/C23H20F4N4O3/c24-19-7-2-1-4-15(19)14-31-21(33)18(13-28-22(31)34)20(32)30-10-8-29(9-11-30)17-6-3-5-16(12-17)23(25,26)27/h1-7,12-13H,8-11,14H2,(H,28,34). The third-order valence-electron chi connectivity index (χ3n) is 5.68. The van der Waals surface area contributed by atoms with Crippen molar-refractivity contribution in [1.29, 1.82) is 0 Å². The minimum absolute atomic E-state index is 0.120. The first kappa shape index (κ1) is 23.3. The van der Waals surface area contributed by atoms with Crippen LogP contribution in [0, 0.1) is 5.82 Å². The van der Waals surface area contributed by atoms with Gasteiger partial charge in [0.2, 0.25) is 0 Å². The second kappa shape index (κ2) is 9.16. The van der Waals surface area contributed by atoms with Crippen LogP contribution in [-0.4, -0.2) is 46.5 Å². The van der Waals surface area contributed by atoms with E-state index in [1.165, 1.54) is 29.2 Å². The van der Waals surface area contributed by atoms with Gasteiger partial charge in [0, 0.05) is 43.6 Å². The molecule has 0 radical (unpaired) electrons. The number of hydrogen-bond donors (Lipinski definition) is 1. The van der Waals surface area contributed by atoms with Crippen molar-refractivity contribution in [3.05, 3.63) is 98.1 Å². The highest BCUT2D eigenvalue weighted by Crippen LogP contribution is 2.31. The quantitative estimate of drug-likeness (QED) is 0.588. The van der Waals surface area contributed by atoms with E-state index in [0.29, 0.717) is 5.69 Å². The second-order valence-corrected chi connectivity index (χ2v) is 7.82. The highest BCUT2D eigenvalue weighted by molar-refractivity contribution is 5.93. The Kier molecular flexibility index (Phi) is 6.27. The molecule has 178 valence electrons. The summed E-state index contributed by atoms with van der Waals surface area (Å²) in [6.07, 6.45) is -3.43. The summed E-state index contributed by atoms with van der Waals surface area (Å²) in [6, 6.07) is 10.6. The summed E-state index contributed by atoms with van der Waals surface area (Å²) in [4.78, 5) is 43.5. The van der Waals surface area contributed by atoms with Gasteiger partial charge >= 0.3 is 11.9 Å². The number of benzene rings is 2. The molecule has 2 heterocycles. The molecular weight excluding hydrogens is 456 g/mol. The molecule has 1 aromatic heterocycles. The average molecular weight is 476 g/mol. The van der Waals surface area contributed by atoms with Crippen LogP contribution in [-0.2, 0) is 12.7 Å². The fraction of sp³-hybridized carbons (Fsp3) is 0.261. The minimum Gasteiger partial charge on any atom is -0.368 e. The maximum atomic E-state index is 14.0. The van der Waals surface area contributed by atoms with E-state index >= 15 is 0 Å². The van der Waals surface area contributed by atoms with Gasteiger partial charge in [-0.25, -0.2) is 9.18 Å². The van der Waals surface area contributed by atoms with Gasteiger partial charge in [-0.2, -0.15) is 13.2 Å². The van der Waals surface area contributed by atoms with E-state index in [1.54, 1.807) is 17.0 Å². The van der Waals surface area contributed by atoms with Crippen LogP contribution in [0.25, 0.3) is 0 Å². The number of carbonyl (C=O) groups is 1. The van der Waals surface area contributed by atoms with Gasteiger partial charge in [-0.15, -0.1) is 0 Å². The molecule has 0 saturated carbocycles. The van der Waals surface area contributed by atoms with Gasteiger partial charge in [0.05, 0.1) is 12.1 Å². The molecule has 1 saturated heterocycles. The van der Waals surface area contributed by atoms with E-state index in [0.717, 1.165) is 22.9 Å². The highest BCUT2D eigenvalue weighted by Gasteiger charge is 2.31. The number of amides is 1. The summed E-state index contributed by atoms with van der Waals surface area (Å²) in [5, 5.41) is 0. The molecule has 11 heteroatoms. The lowest BCUT2D eigenvalue weighted by Gasteiger charge is -2.36. The first-order valence-electron chi connectivity index (χ1n) is 10.4. The average Bonchev–Trinajstić information content (AvgIpc) is 2.82. The van der Waals surface area contributed by atoms with Crippen LogP contribution in [0.2, 0.25) is 0 Å². The van der Waals surface area contributed by atoms with Crippen molar-refractivity contribution in [3.8, 4) is 0 Å². The number of aromatic amines is 1. The molecular formula is C23H20F4N4O3. The van der Waals surface area contributed by atoms with Gasteiger partial charge in [-0.3, -0.25) is 14.2 Å². The summed E-state index contributed by atoms with van der Waals surface area (Å²) in [6.45, 7) is 0.521. The molecule has 0 aliphatic carbocycles. The van der Waals surface area contributed by atoms with Crippen LogP contribution < -0.4 is 16.1 Å². The second-order valence-electron chi connectivity index (χ2n) is 7.82. The number of hydrogen-bond acceptors (Lipinski definition) is 4. The number of nitrogens with one attached hydrogen (secondary N) is 1. The zero-order chi connectivity index (χ0) is 24.5. The number of H-pyrrole nitrogens is 1. The molecule has 4 rings (SSSR count). The number of carbonyl (C=O) groups excluding carboxylic acids is 1. The topological polar surface area (TPSA) is 78.4 Å². The molecule has 0 atom stereocenters. The Balaban J connectivity index is 1.50. The molecule has 1 aliphatic heterocycles. The third kappa shape index (κ3) is 4.73. The number of nitrogens with zero attached hydrogens (tertiary/aromatic N) is 3. The van der Waals surface area contributed by atoms with Gasteiger partial charge in [-0.1, -0.05) is 24.3 Å². The van der Waals surface area contributed by atoms with Crippen LogP contribution in [0.4, 0.5) is 23.2 Å². The van der Waals surface area contributed by atoms with Crippen LogP contribution in [0.3, 0.4) is 0 Å². The zero-order valence-corrected chi connectivity index (χ0v) is 17.8. The number of halogens is 4. The molecule has 1 amide bonds. The summed E-state index contributed by atoms with van der Waals surface area (Å²) in [5.74, 6) is -1.21. The van der Waals surface area contributed by atoms with Crippen LogP contribution in [0.15, 0.2) is 64.3 Å². The van der Waals surface area contributed by atoms with Crippen molar-refractivity contribution in [3.63, 3.8) is 0 Å². The minimum atomic E-state index is -4.46. The van der Waals surface area contributed by atoms with Crippen molar-refractivity contribution < 1.29 is 22.4 Å². The Morgan fingerprint density at radius 2 is 1.68 bits per heavy atom. The Labute approximate surface area is 190 Å². The number of anilines is 1. The van der Waals surface area contributed by atoms with Gasteiger partial charge < -0.3 is 14.8 Å². The molecule has 1 fully saturated rings. The summed E-state index contributed by atoms with van der Waals surface area (Å²) < 4.78 is 53.7. The zero-order valence-electron chi connectivity index (χ0n) is 17.8. The largest absolute Gasteiger partial charge is 0.416 e. The molecule has 0 spiro atoms. The maximum absolute atomic E-state index is 14.0. The molecule has 2 aromatic carbocycles. The van der Waals surface area contributed by atoms with Gasteiger partial charge in [0.1, 0.15) is 11.4 Å². The van der Waals surface area contributed by atoms with Crippen LogP contribution in [0.1, 0.15) is 21.5 Å².